The van der Waals surface area contributed by atoms with Gasteiger partial charge in [-0.25, -0.2) is 4.68 Å². The van der Waals surface area contributed by atoms with Gasteiger partial charge in [0.25, 0.3) is 5.91 Å². The number of benzene rings is 1. The third-order valence-electron chi connectivity index (χ3n) is 4.33. The minimum absolute atomic E-state index is 0.173. The van der Waals surface area contributed by atoms with Crippen LogP contribution in [0.4, 0.5) is 0 Å². The van der Waals surface area contributed by atoms with Crippen molar-refractivity contribution in [2.45, 2.75) is 39.5 Å². The van der Waals surface area contributed by atoms with E-state index in [4.69, 9.17) is 16.0 Å². The lowest BCUT2D eigenvalue weighted by molar-refractivity contribution is 0.0945. The smallest absolute Gasteiger partial charge is 0.270 e. The first kappa shape index (κ1) is 19.2. The molecule has 0 saturated heterocycles. The summed E-state index contributed by atoms with van der Waals surface area (Å²) in [7, 11) is 0. The molecule has 5 nitrogen and oxygen atoms in total. The van der Waals surface area contributed by atoms with Crippen molar-refractivity contribution in [2.75, 3.05) is 6.54 Å². The van der Waals surface area contributed by atoms with Crippen molar-refractivity contribution in [2.24, 2.45) is 0 Å². The number of nitrogens with zero attached hydrogens (tertiary/aromatic N) is 2. The Kier molecular flexibility index (Phi) is 6.35. The first-order valence-electron chi connectivity index (χ1n) is 9.30. The second-order valence-corrected chi connectivity index (χ2v) is 6.91. The highest BCUT2D eigenvalue weighted by Crippen LogP contribution is 2.26. The zero-order valence-electron chi connectivity index (χ0n) is 15.7. The molecule has 142 valence electrons. The Morgan fingerprint density at radius 3 is 2.70 bits per heavy atom. The Hall–Kier alpha value is -2.53. The van der Waals surface area contributed by atoms with E-state index in [0.29, 0.717) is 34.4 Å². The monoisotopic (exact) mass is 385 g/mol. The fourth-order valence-electron chi connectivity index (χ4n) is 2.89. The Labute approximate surface area is 164 Å². The van der Waals surface area contributed by atoms with E-state index in [2.05, 4.69) is 17.3 Å². The number of para-hydroxylation sites is 1. The fraction of sp³-hybridized carbons (Fsp3) is 0.333. The van der Waals surface area contributed by atoms with Gasteiger partial charge in [-0.3, -0.25) is 4.79 Å². The molecule has 0 atom stereocenters. The van der Waals surface area contributed by atoms with E-state index in [9.17, 15) is 4.79 Å². The van der Waals surface area contributed by atoms with Gasteiger partial charge >= 0.3 is 0 Å². The number of furan rings is 1. The summed E-state index contributed by atoms with van der Waals surface area (Å²) in [5.41, 5.74) is 1.69. The molecule has 0 spiro atoms. The molecule has 3 aromatic rings. The molecule has 3 rings (SSSR count). The van der Waals surface area contributed by atoms with Crippen LogP contribution < -0.4 is 5.32 Å². The molecule has 1 N–H and O–H groups in total. The first-order valence-corrected chi connectivity index (χ1v) is 9.68. The SMILES string of the molecule is CCCCCCNC(=O)c1cc(-c2ccc(C)o2)nn1-c1ccccc1Cl. The van der Waals surface area contributed by atoms with E-state index in [0.717, 1.165) is 18.6 Å². The summed E-state index contributed by atoms with van der Waals surface area (Å²) in [6.07, 6.45) is 4.41. The lowest BCUT2D eigenvalue weighted by Gasteiger charge is -2.09. The van der Waals surface area contributed by atoms with Gasteiger partial charge in [0, 0.05) is 12.6 Å². The molecule has 0 bridgehead atoms. The average Bonchev–Trinajstić information content (AvgIpc) is 3.28. The predicted octanol–water partition coefficient (Wildman–Crippen LogP) is 5.40. The van der Waals surface area contributed by atoms with Gasteiger partial charge in [-0.05, 0) is 37.6 Å². The van der Waals surface area contributed by atoms with Crippen molar-refractivity contribution in [3.05, 3.63) is 58.9 Å². The zero-order chi connectivity index (χ0) is 19.2. The molecular weight excluding hydrogens is 362 g/mol. The maximum Gasteiger partial charge on any atom is 0.270 e. The third kappa shape index (κ3) is 4.61. The molecule has 0 aliphatic heterocycles. The van der Waals surface area contributed by atoms with Gasteiger partial charge in [0.1, 0.15) is 17.1 Å². The molecule has 0 aliphatic rings. The second-order valence-electron chi connectivity index (χ2n) is 6.50. The van der Waals surface area contributed by atoms with Gasteiger partial charge in [0.2, 0.25) is 0 Å². The van der Waals surface area contributed by atoms with Crippen LogP contribution in [0.15, 0.2) is 46.9 Å². The zero-order valence-corrected chi connectivity index (χ0v) is 16.4. The molecule has 1 aromatic carbocycles. The summed E-state index contributed by atoms with van der Waals surface area (Å²) in [6.45, 7) is 4.68. The van der Waals surface area contributed by atoms with Crippen molar-refractivity contribution < 1.29 is 9.21 Å². The lowest BCUT2D eigenvalue weighted by atomic mass is 10.2. The molecule has 0 aliphatic carbocycles. The Morgan fingerprint density at radius 2 is 2.00 bits per heavy atom. The summed E-state index contributed by atoms with van der Waals surface area (Å²) in [6, 6.07) is 12.8. The molecule has 0 unspecified atom stereocenters. The van der Waals surface area contributed by atoms with Crippen LogP contribution in [0, 0.1) is 6.92 Å². The second kappa shape index (κ2) is 8.91. The number of carbonyl (C=O) groups is 1. The van der Waals surface area contributed by atoms with Crippen LogP contribution in [0.2, 0.25) is 5.02 Å². The highest BCUT2D eigenvalue weighted by molar-refractivity contribution is 6.32. The quantitative estimate of drug-likeness (QED) is 0.528. The normalized spacial score (nSPS) is 10.9. The van der Waals surface area contributed by atoms with Crippen LogP contribution in [0.3, 0.4) is 0 Å². The van der Waals surface area contributed by atoms with Gasteiger partial charge < -0.3 is 9.73 Å². The van der Waals surface area contributed by atoms with Gasteiger partial charge in [0.15, 0.2) is 5.76 Å². The Morgan fingerprint density at radius 1 is 1.19 bits per heavy atom. The number of hydrogen-bond acceptors (Lipinski definition) is 3. The summed E-state index contributed by atoms with van der Waals surface area (Å²) < 4.78 is 7.25. The minimum Gasteiger partial charge on any atom is -0.460 e. The van der Waals surface area contributed by atoms with Crippen LogP contribution in [-0.4, -0.2) is 22.2 Å². The topological polar surface area (TPSA) is 60.1 Å². The molecule has 6 heteroatoms. The van der Waals surface area contributed by atoms with Crippen LogP contribution in [0.25, 0.3) is 17.1 Å². The maximum absolute atomic E-state index is 12.8. The summed E-state index contributed by atoms with van der Waals surface area (Å²) in [5.74, 6) is 1.24. The van der Waals surface area contributed by atoms with Crippen LogP contribution >= 0.6 is 11.6 Å². The standard InChI is InChI=1S/C21H24ClN3O2/c1-3-4-5-8-13-23-21(26)19-14-17(20-12-11-15(2)27-20)24-25(19)18-10-7-6-9-16(18)22/h6-7,9-12,14H,3-5,8,13H2,1-2H3,(H,23,26). The summed E-state index contributed by atoms with van der Waals surface area (Å²) in [5, 5.41) is 8.09. The number of rotatable bonds is 8. The third-order valence-corrected chi connectivity index (χ3v) is 4.65. The first-order chi connectivity index (χ1) is 13.1. The molecular formula is C21H24ClN3O2. The molecule has 27 heavy (non-hydrogen) atoms. The molecule has 0 saturated carbocycles. The number of aromatic nitrogens is 2. The molecule has 2 aromatic heterocycles. The number of carbonyl (C=O) groups excluding carboxylic acids is 1. The number of hydrogen-bond donors (Lipinski definition) is 1. The van der Waals surface area contributed by atoms with Gasteiger partial charge in [-0.2, -0.15) is 5.10 Å². The van der Waals surface area contributed by atoms with Crippen molar-refractivity contribution in [1.29, 1.82) is 0 Å². The van der Waals surface area contributed by atoms with E-state index < -0.39 is 0 Å². The van der Waals surface area contributed by atoms with Crippen molar-refractivity contribution in [1.82, 2.24) is 15.1 Å². The molecule has 0 fully saturated rings. The van der Waals surface area contributed by atoms with E-state index >= 15 is 0 Å². The largest absolute Gasteiger partial charge is 0.460 e. The van der Waals surface area contributed by atoms with E-state index in [-0.39, 0.29) is 5.91 Å². The number of nitrogens with one attached hydrogen (secondary N) is 1. The minimum atomic E-state index is -0.173. The van der Waals surface area contributed by atoms with Crippen LogP contribution in [0.5, 0.6) is 0 Å². The average molecular weight is 386 g/mol. The van der Waals surface area contributed by atoms with Crippen LogP contribution in [0.1, 0.15) is 48.9 Å². The van der Waals surface area contributed by atoms with Crippen molar-refractivity contribution in [3.63, 3.8) is 0 Å². The van der Waals surface area contributed by atoms with Gasteiger partial charge in [-0.15, -0.1) is 0 Å². The van der Waals surface area contributed by atoms with Crippen molar-refractivity contribution >= 4 is 17.5 Å². The Balaban J connectivity index is 1.90. The van der Waals surface area contributed by atoms with Gasteiger partial charge in [-0.1, -0.05) is 49.9 Å². The van der Waals surface area contributed by atoms with Crippen LogP contribution in [-0.2, 0) is 0 Å². The lowest BCUT2D eigenvalue weighted by Crippen LogP contribution is -2.26. The maximum atomic E-state index is 12.8. The Bertz CT molecular complexity index is 914. The highest BCUT2D eigenvalue weighted by Gasteiger charge is 2.20. The fourth-order valence-corrected chi connectivity index (χ4v) is 3.10. The van der Waals surface area contributed by atoms with E-state index in [1.165, 1.54) is 12.8 Å². The number of amides is 1. The van der Waals surface area contributed by atoms with E-state index in [1.807, 2.05) is 37.3 Å². The predicted molar refractivity (Wildman–Crippen MR) is 107 cm³/mol. The summed E-state index contributed by atoms with van der Waals surface area (Å²) >= 11 is 6.34. The van der Waals surface area contributed by atoms with E-state index in [1.54, 1.807) is 16.8 Å². The number of halogens is 1. The number of unbranched alkanes of at least 4 members (excludes halogenated alkanes) is 3. The van der Waals surface area contributed by atoms with Crippen molar-refractivity contribution in [3.8, 4) is 17.1 Å². The number of aryl methyl sites for hydroxylation is 1. The molecule has 1 amide bonds. The molecule has 0 radical (unpaired) electrons. The summed E-state index contributed by atoms with van der Waals surface area (Å²) in [4.78, 5) is 12.8. The molecule has 2 heterocycles. The van der Waals surface area contributed by atoms with Gasteiger partial charge in [0.05, 0.1) is 10.7 Å². The highest BCUT2D eigenvalue weighted by atomic mass is 35.5.